The molecule has 5 nitrogen and oxygen atoms in total. The lowest BCUT2D eigenvalue weighted by atomic mass is 9.72. The average Bonchev–Trinajstić information content (AvgIpc) is 2.79. The molecular weight excluding hydrogens is 370 g/mol. The minimum Gasteiger partial charge on any atom is -0.428 e. The van der Waals surface area contributed by atoms with E-state index in [9.17, 15) is 31.9 Å². The molecular formula is C18H15F4NO4. The molecule has 0 spiro atoms. The molecule has 1 amide bonds. The molecule has 1 N–H and O–H groups in total. The maximum absolute atomic E-state index is 14.0. The van der Waals surface area contributed by atoms with E-state index in [0.717, 1.165) is 24.3 Å². The highest BCUT2D eigenvalue weighted by Crippen LogP contribution is 2.50. The second-order valence-corrected chi connectivity index (χ2v) is 7.34. The Kier molecular flexibility index (Phi) is 4.16. The normalized spacial score (nSPS) is 24.5. The van der Waals surface area contributed by atoms with Crippen LogP contribution in [0.5, 0.6) is 0 Å². The molecule has 0 saturated heterocycles. The maximum Gasteiger partial charge on any atom is 0.427 e. The minimum atomic E-state index is -5.31. The quantitative estimate of drug-likeness (QED) is 0.627. The summed E-state index contributed by atoms with van der Waals surface area (Å²) in [5.41, 5.74) is -5.44. The van der Waals surface area contributed by atoms with Crippen molar-refractivity contribution in [2.45, 2.75) is 38.4 Å². The van der Waals surface area contributed by atoms with Crippen molar-refractivity contribution in [2.24, 2.45) is 5.41 Å². The Hall–Kier alpha value is -2.71. The zero-order valence-electron chi connectivity index (χ0n) is 14.4. The monoisotopic (exact) mass is 385 g/mol. The zero-order chi connectivity index (χ0) is 20.2. The number of halogens is 4. The number of ketones is 1. The lowest BCUT2D eigenvalue weighted by Gasteiger charge is -2.34. The van der Waals surface area contributed by atoms with Gasteiger partial charge >= 0.3 is 12.1 Å². The van der Waals surface area contributed by atoms with Gasteiger partial charge in [0, 0.05) is 18.4 Å². The molecule has 0 fully saturated rings. The number of allylic oxidation sites excluding steroid dienone is 1. The van der Waals surface area contributed by atoms with Gasteiger partial charge in [0.15, 0.2) is 5.78 Å². The number of benzene rings is 1. The predicted octanol–water partition coefficient (Wildman–Crippen LogP) is 3.06. The average molecular weight is 385 g/mol. The highest BCUT2D eigenvalue weighted by atomic mass is 19.4. The Morgan fingerprint density at radius 1 is 1.11 bits per heavy atom. The van der Waals surface area contributed by atoms with Gasteiger partial charge in [0.05, 0.1) is 5.57 Å². The first-order valence-electron chi connectivity index (χ1n) is 8.01. The summed E-state index contributed by atoms with van der Waals surface area (Å²) >= 11 is 0. The van der Waals surface area contributed by atoms with Crippen molar-refractivity contribution in [1.29, 1.82) is 0 Å². The SMILES string of the molecule is CC1(C)CC(=O)C2=C(C1)OC(=O)C2(NC(=O)c1ccc(F)cc1)C(F)(F)F. The van der Waals surface area contributed by atoms with E-state index < -0.39 is 46.2 Å². The maximum atomic E-state index is 14.0. The van der Waals surface area contributed by atoms with E-state index in [2.05, 4.69) is 0 Å². The summed E-state index contributed by atoms with van der Waals surface area (Å²) in [5.74, 6) is -5.04. The predicted molar refractivity (Wildman–Crippen MR) is 83.8 cm³/mol. The molecule has 1 aliphatic carbocycles. The summed E-state index contributed by atoms with van der Waals surface area (Å²) in [6, 6.07) is 3.72. The Bertz CT molecular complexity index is 870. The largest absolute Gasteiger partial charge is 0.428 e. The fraction of sp³-hybridized carbons (Fsp3) is 0.389. The highest BCUT2D eigenvalue weighted by molar-refractivity contribution is 6.12. The highest BCUT2D eigenvalue weighted by Gasteiger charge is 2.71. The number of rotatable bonds is 2. The van der Waals surface area contributed by atoms with E-state index in [1.165, 1.54) is 0 Å². The molecule has 27 heavy (non-hydrogen) atoms. The van der Waals surface area contributed by atoms with Crippen molar-refractivity contribution in [2.75, 3.05) is 0 Å². The molecule has 1 unspecified atom stereocenters. The Morgan fingerprint density at radius 3 is 2.26 bits per heavy atom. The van der Waals surface area contributed by atoms with Gasteiger partial charge in [-0.25, -0.2) is 9.18 Å². The lowest BCUT2D eigenvalue weighted by molar-refractivity contribution is -0.195. The number of ether oxygens (including phenoxy) is 1. The summed E-state index contributed by atoms with van der Waals surface area (Å²) < 4.78 is 59.7. The molecule has 1 aliphatic heterocycles. The van der Waals surface area contributed by atoms with Gasteiger partial charge in [0.2, 0.25) is 0 Å². The molecule has 0 saturated carbocycles. The van der Waals surface area contributed by atoms with E-state index in [1.54, 1.807) is 19.2 Å². The lowest BCUT2D eigenvalue weighted by Crippen LogP contribution is -2.64. The van der Waals surface area contributed by atoms with E-state index in [1.807, 2.05) is 0 Å². The van der Waals surface area contributed by atoms with Crippen molar-refractivity contribution in [3.8, 4) is 0 Å². The van der Waals surface area contributed by atoms with Crippen molar-refractivity contribution in [1.82, 2.24) is 5.32 Å². The van der Waals surface area contributed by atoms with Crippen LogP contribution in [0, 0.1) is 11.2 Å². The number of carbonyl (C=O) groups excluding carboxylic acids is 3. The van der Waals surface area contributed by atoms with Gasteiger partial charge in [-0.15, -0.1) is 0 Å². The number of amides is 1. The first-order valence-corrected chi connectivity index (χ1v) is 8.01. The van der Waals surface area contributed by atoms with Crippen LogP contribution in [0.15, 0.2) is 35.6 Å². The first-order chi connectivity index (χ1) is 12.4. The second kappa shape index (κ2) is 5.90. The number of alkyl halides is 3. The standard InChI is InChI=1S/C18H15F4NO4/c1-16(2)7-11(24)13-12(8-16)27-15(26)17(13,18(20,21)22)23-14(25)9-3-5-10(19)6-4-9/h3-6H,7-8H2,1-2H3,(H,23,25). The number of esters is 1. The molecule has 1 aromatic rings. The second-order valence-electron chi connectivity index (χ2n) is 7.34. The van der Waals surface area contributed by atoms with Crippen LogP contribution < -0.4 is 5.32 Å². The molecule has 0 aromatic heterocycles. The van der Waals surface area contributed by atoms with Gasteiger partial charge in [0.25, 0.3) is 11.4 Å². The number of hydrogen-bond donors (Lipinski definition) is 1. The Labute approximate surface area is 151 Å². The Morgan fingerprint density at radius 2 is 1.70 bits per heavy atom. The van der Waals surface area contributed by atoms with Crippen molar-refractivity contribution in [3.05, 3.63) is 47.0 Å². The summed E-state index contributed by atoms with van der Waals surface area (Å²) in [5, 5.41) is 1.64. The van der Waals surface area contributed by atoms with Crippen LogP contribution in [0.2, 0.25) is 0 Å². The summed E-state index contributed by atoms with van der Waals surface area (Å²) in [6.45, 7) is 3.32. The van der Waals surface area contributed by atoms with E-state index in [4.69, 9.17) is 4.74 Å². The molecule has 9 heteroatoms. The van der Waals surface area contributed by atoms with Crippen LogP contribution in [-0.2, 0) is 14.3 Å². The first kappa shape index (κ1) is 19.1. The third-order valence-electron chi connectivity index (χ3n) is 4.57. The molecule has 1 heterocycles. The van der Waals surface area contributed by atoms with Crippen molar-refractivity contribution in [3.63, 3.8) is 0 Å². The van der Waals surface area contributed by atoms with Gasteiger partial charge in [0.1, 0.15) is 11.6 Å². The number of Topliss-reactive ketones (excluding diaryl/α,β-unsaturated/α-hetero) is 1. The van der Waals surface area contributed by atoms with Crippen LogP contribution in [0.1, 0.15) is 37.0 Å². The van der Waals surface area contributed by atoms with Gasteiger partial charge < -0.3 is 10.1 Å². The molecule has 1 aromatic carbocycles. The van der Waals surface area contributed by atoms with Crippen molar-refractivity contribution >= 4 is 17.7 Å². The van der Waals surface area contributed by atoms with Crippen LogP contribution in [-0.4, -0.2) is 29.4 Å². The topological polar surface area (TPSA) is 72.5 Å². The van der Waals surface area contributed by atoms with E-state index in [-0.39, 0.29) is 24.2 Å². The molecule has 3 rings (SSSR count). The van der Waals surface area contributed by atoms with Gasteiger partial charge in [-0.3, -0.25) is 9.59 Å². The van der Waals surface area contributed by atoms with Crippen molar-refractivity contribution < 1.29 is 36.7 Å². The summed E-state index contributed by atoms with van der Waals surface area (Å²) in [6.07, 6.45) is -5.59. The fourth-order valence-corrected chi connectivity index (χ4v) is 3.35. The number of hydrogen-bond acceptors (Lipinski definition) is 4. The van der Waals surface area contributed by atoms with Gasteiger partial charge in [-0.05, 0) is 29.7 Å². The third kappa shape index (κ3) is 3.00. The van der Waals surface area contributed by atoms with Crippen LogP contribution in [0.25, 0.3) is 0 Å². The van der Waals surface area contributed by atoms with Crippen LogP contribution in [0.3, 0.4) is 0 Å². The molecule has 0 bridgehead atoms. The fourth-order valence-electron chi connectivity index (χ4n) is 3.35. The molecule has 2 aliphatic rings. The van der Waals surface area contributed by atoms with Crippen LogP contribution in [0.4, 0.5) is 17.6 Å². The third-order valence-corrected chi connectivity index (χ3v) is 4.57. The van der Waals surface area contributed by atoms with E-state index >= 15 is 0 Å². The number of nitrogens with one attached hydrogen (secondary N) is 1. The van der Waals surface area contributed by atoms with Gasteiger partial charge in [-0.2, -0.15) is 13.2 Å². The van der Waals surface area contributed by atoms with E-state index in [0.29, 0.717) is 0 Å². The summed E-state index contributed by atoms with van der Waals surface area (Å²) in [4.78, 5) is 37.1. The smallest absolute Gasteiger partial charge is 0.427 e. The zero-order valence-corrected chi connectivity index (χ0v) is 14.4. The Balaban J connectivity index is 2.09. The number of carbonyl (C=O) groups is 3. The van der Waals surface area contributed by atoms with Gasteiger partial charge in [-0.1, -0.05) is 13.8 Å². The molecule has 0 radical (unpaired) electrons. The molecule has 1 atom stereocenters. The molecule has 144 valence electrons. The van der Waals surface area contributed by atoms with Crippen LogP contribution >= 0.6 is 0 Å². The minimum absolute atomic E-state index is 0.0515. The summed E-state index contributed by atoms with van der Waals surface area (Å²) in [7, 11) is 0.